The molecule has 0 aliphatic carbocycles. The maximum Gasteiger partial charge on any atom is 0.324 e. The third-order valence-corrected chi connectivity index (χ3v) is 4.55. The molecule has 0 unspecified atom stereocenters. The zero-order valence-electron chi connectivity index (χ0n) is 11.5. The lowest BCUT2D eigenvalue weighted by atomic mass is 9.91. The highest BCUT2D eigenvalue weighted by Crippen LogP contribution is 2.27. The normalized spacial score (nSPS) is 12.4. The van der Waals surface area contributed by atoms with Crippen LogP contribution < -0.4 is 4.72 Å². The molecule has 0 radical (unpaired) electrons. The van der Waals surface area contributed by atoms with Gasteiger partial charge in [-0.05, 0) is 24.0 Å². The first kappa shape index (κ1) is 16.5. The average Bonchev–Trinajstić information content (AvgIpc) is 2.36. The minimum atomic E-state index is -4.13. The summed E-state index contributed by atoms with van der Waals surface area (Å²) in [7, 11) is -4.13. The van der Waals surface area contributed by atoms with E-state index in [-0.39, 0.29) is 12.0 Å². The van der Waals surface area contributed by atoms with Crippen molar-refractivity contribution in [1.82, 2.24) is 4.72 Å². The van der Waals surface area contributed by atoms with Crippen LogP contribution in [0.5, 0.6) is 0 Å². The molecule has 0 aliphatic rings. The molecule has 6 nitrogen and oxygen atoms in total. The van der Waals surface area contributed by atoms with Gasteiger partial charge in [0.25, 0.3) is 0 Å². The Bertz CT molecular complexity index is 614. The fourth-order valence-electron chi connectivity index (χ4n) is 1.38. The number of nitro benzene ring substituents is 1. The van der Waals surface area contributed by atoms with Crippen LogP contribution in [0.2, 0.25) is 0 Å². The summed E-state index contributed by atoms with van der Waals surface area (Å²) in [5.74, 6) is -1.17. The second kappa shape index (κ2) is 5.84. The molecule has 0 amide bonds. The third-order valence-electron chi connectivity index (χ3n) is 3.12. The molecule has 1 aromatic rings. The van der Waals surface area contributed by atoms with E-state index in [0.29, 0.717) is 0 Å². The number of hydrogen-bond acceptors (Lipinski definition) is 4. The molecule has 1 aromatic carbocycles. The van der Waals surface area contributed by atoms with Gasteiger partial charge in [0.15, 0.2) is 4.90 Å². The Morgan fingerprint density at radius 2 is 2.00 bits per heavy atom. The van der Waals surface area contributed by atoms with Crippen LogP contribution in [-0.2, 0) is 10.0 Å². The van der Waals surface area contributed by atoms with Gasteiger partial charge in [0.1, 0.15) is 0 Å². The van der Waals surface area contributed by atoms with Gasteiger partial charge in [0, 0.05) is 6.54 Å². The Morgan fingerprint density at radius 3 is 2.50 bits per heavy atom. The Morgan fingerprint density at radius 1 is 1.40 bits per heavy atom. The number of benzene rings is 1. The van der Waals surface area contributed by atoms with Crippen molar-refractivity contribution in [2.45, 2.75) is 32.1 Å². The van der Waals surface area contributed by atoms with Crippen molar-refractivity contribution < 1.29 is 17.7 Å². The van der Waals surface area contributed by atoms with Crippen LogP contribution in [0.4, 0.5) is 10.1 Å². The van der Waals surface area contributed by atoms with Crippen LogP contribution >= 0.6 is 0 Å². The quantitative estimate of drug-likeness (QED) is 0.645. The first-order valence-electron chi connectivity index (χ1n) is 6.03. The number of nitro groups is 1. The van der Waals surface area contributed by atoms with Gasteiger partial charge in [-0.15, -0.1) is 0 Å². The van der Waals surface area contributed by atoms with Gasteiger partial charge >= 0.3 is 5.69 Å². The van der Waals surface area contributed by atoms with Crippen LogP contribution in [0.15, 0.2) is 23.1 Å². The zero-order chi connectivity index (χ0) is 15.6. The Hall–Kier alpha value is -1.54. The lowest BCUT2D eigenvalue weighted by Crippen LogP contribution is -2.34. The molecule has 112 valence electrons. The molecule has 0 heterocycles. The smallest absolute Gasteiger partial charge is 0.258 e. The number of nitrogens with one attached hydrogen (secondary N) is 1. The molecular weight excluding hydrogens is 287 g/mol. The van der Waals surface area contributed by atoms with Gasteiger partial charge in [-0.2, -0.15) is 4.39 Å². The van der Waals surface area contributed by atoms with Crippen LogP contribution in [0.3, 0.4) is 0 Å². The van der Waals surface area contributed by atoms with Gasteiger partial charge in [-0.1, -0.05) is 26.8 Å². The van der Waals surface area contributed by atoms with E-state index in [9.17, 15) is 22.9 Å². The summed E-state index contributed by atoms with van der Waals surface area (Å²) in [5.41, 5.74) is -1.33. The van der Waals surface area contributed by atoms with Crippen LogP contribution in [-0.4, -0.2) is 19.9 Å². The van der Waals surface area contributed by atoms with Gasteiger partial charge in [0.05, 0.1) is 4.92 Å². The number of rotatable bonds is 6. The first-order valence-corrected chi connectivity index (χ1v) is 7.51. The molecule has 1 N–H and O–H groups in total. The molecule has 0 bridgehead atoms. The van der Waals surface area contributed by atoms with Gasteiger partial charge in [0.2, 0.25) is 15.8 Å². The van der Waals surface area contributed by atoms with Crippen molar-refractivity contribution in [2.24, 2.45) is 5.41 Å². The minimum Gasteiger partial charge on any atom is -0.258 e. The molecule has 0 saturated heterocycles. The lowest BCUT2D eigenvalue weighted by Gasteiger charge is -2.22. The molecule has 0 spiro atoms. The van der Waals surface area contributed by atoms with Crippen molar-refractivity contribution in [3.63, 3.8) is 0 Å². The lowest BCUT2D eigenvalue weighted by molar-refractivity contribution is -0.390. The second-order valence-corrected chi connectivity index (χ2v) is 6.92. The Kier molecular flexibility index (Phi) is 4.82. The predicted octanol–water partition coefficient (Wildman–Crippen LogP) is 2.45. The summed E-state index contributed by atoms with van der Waals surface area (Å²) < 4.78 is 39.9. The largest absolute Gasteiger partial charge is 0.324 e. The van der Waals surface area contributed by atoms with E-state index in [1.807, 2.05) is 20.8 Å². The van der Waals surface area contributed by atoms with Crippen LogP contribution in [0.1, 0.15) is 27.2 Å². The predicted molar refractivity (Wildman–Crippen MR) is 72.3 cm³/mol. The highest BCUT2D eigenvalue weighted by atomic mass is 32.2. The summed E-state index contributed by atoms with van der Waals surface area (Å²) >= 11 is 0. The van der Waals surface area contributed by atoms with Gasteiger partial charge in [-0.25, -0.2) is 13.1 Å². The highest BCUT2D eigenvalue weighted by molar-refractivity contribution is 7.89. The van der Waals surface area contributed by atoms with E-state index in [2.05, 4.69) is 4.72 Å². The Balaban J connectivity index is 3.17. The molecule has 0 aliphatic heterocycles. The summed E-state index contributed by atoms with van der Waals surface area (Å²) in [4.78, 5) is 9.13. The molecule has 0 fully saturated rings. The topological polar surface area (TPSA) is 89.3 Å². The van der Waals surface area contributed by atoms with Crippen molar-refractivity contribution >= 4 is 15.7 Å². The molecule has 1 rings (SSSR count). The highest BCUT2D eigenvalue weighted by Gasteiger charge is 2.30. The van der Waals surface area contributed by atoms with Crippen molar-refractivity contribution in [3.05, 3.63) is 34.1 Å². The van der Waals surface area contributed by atoms with Crippen molar-refractivity contribution in [2.75, 3.05) is 6.54 Å². The van der Waals surface area contributed by atoms with E-state index in [1.54, 1.807) is 0 Å². The van der Waals surface area contributed by atoms with E-state index in [0.717, 1.165) is 24.6 Å². The summed E-state index contributed by atoms with van der Waals surface area (Å²) in [6.45, 7) is 5.73. The van der Waals surface area contributed by atoms with Crippen LogP contribution in [0.25, 0.3) is 0 Å². The molecule has 0 aromatic heterocycles. The van der Waals surface area contributed by atoms with E-state index in [4.69, 9.17) is 0 Å². The standard InChI is InChI=1S/C12H17FN2O4S/c1-4-12(2,3)8-14-20(18,19)10-7-5-6-9(13)11(10)15(16)17/h5-7,14H,4,8H2,1-3H3. The molecule has 0 saturated carbocycles. The second-order valence-electron chi connectivity index (χ2n) is 5.19. The number of hydrogen-bond donors (Lipinski definition) is 1. The zero-order valence-corrected chi connectivity index (χ0v) is 12.3. The summed E-state index contributed by atoms with van der Waals surface area (Å²) in [6.07, 6.45) is 0.723. The fourth-order valence-corrected chi connectivity index (χ4v) is 2.80. The van der Waals surface area contributed by atoms with E-state index in [1.165, 1.54) is 0 Å². The number of halogens is 1. The molecule has 20 heavy (non-hydrogen) atoms. The monoisotopic (exact) mass is 304 g/mol. The molecule has 8 heteroatoms. The maximum absolute atomic E-state index is 13.4. The first-order chi connectivity index (χ1) is 9.10. The summed E-state index contributed by atoms with van der Waals surface area (Å²) in [6, 6.07) is 3.00. The van der Waals surface area contributed by atoms with E-state index < -0.39 is 31.3 Å². The minimum absolute atomic E-state index is 0.111. The van der Waals surface area contributed by atoms with Crippen LogP contribution in [0, 0.1) is 21.3 Å². The van der Waals surface area contributed by atoms with Gasteiger partial charge in [-0.3, -0.25) is 10.1 Å². The maximum atomic E-state index is 13.4. The fraction of sp³-hybridized carbons (Fsp3) is 0.500. The Labute approximate surface area is 117 Å². The number of para-hydroxylation sites is 1. The third kappa shape index (κ3) is 3.73. The molecular formula is C12H17FN2O4S. The number of sulfonamides is 1. The summed E-state index contributed by atoms with van der Waals surface area (Å²) in [5, 5.41) is 10.8. The number of nitrogens with zero attached hydrogens (tertiary/aromatic N) is 1. The van der Waals surface area contributed by atoms with Crippen molar-refractivity contribution in [3.8, 4) is 0 Å². The van der Waals surface area contributed by atoms with Crippen molar-refractivity contribution in [1.29, 1.82) is 0 Å². The van der Waals surface area contributed by atoms with Gasteiger partial charge < -0.3 is 0 Å². The molecule has 0 atom stereocenters. The average molecular weight is 304 g/mol. The SMILES string of the molecule is CCC(C)(C)CNS(=O)(=O)c1cccc(F)c1[N+](=O)[O-]. The van der Waals surface area contributed by atoms with E-state index >= 15 is 0 Å².